The monoisotopic (exact) mass is 338 g/mol. The summed E-state index contributed by atoms with van der Waals surface area (Å²) in [7, 11) is 0. The van der Waals surface area contributed by atoms with Crippen molar-refractivity contribution >= 4 is 22.8 Å². The van der Waals surface area contributed by atoms with E-state index in [2.05, 4.69) is 20.8 Å². The molecule has 7 heteroatoms. The Hall–Kier alpha value is -3.35. The van der Waals surface area contributed by atoms with Crippen molar-refractivity contribution in [2.75, 3.05) is 0 Å². The first-order valence-electron chi connectivity index (χ1n) is 7.86. The number of imidazole rings is 1. The van der Waals surface area contributed by atoms with Crippen LogP contribution in [0.1, 0.15) is 12.7 Å². The van der Waals surface area contributed by atoms with Crippen LogP contribution >= 0.6 is 0 Å². The molecule has 0 aliphatic rings. The highest BCUT2D eigenvalue weighted by molar-refractivity contribution is 5.85. The van der Waals surface area contributed by atoms with E-state index in [4.69, 9.17) is 4.74 Å². The Morgan fingerprint density at radius 3 is 2.56 bits per heavy atom. The van der Waals surface area contributed by atoms with Gasteiger partial charge in [0.2, 0.25) is 5.91 Å². The van der Waals surface area contributed by atoms with Crippen molar-refractivity contribution in [3.05, 3.63) is 60.4 Å². The van der Waals surface area contributed by atoms with Crippen LogP contribution < -0.4 is 15.6 Å². The second kappa shape index (κ2) is 7.48. The summed E-state index contributed by atoms with van der Waals surface area (Å²) in [6.07, 6.45) is -0.711. The number of rotatable bonds is 5. The molecule has 2 amide bonds. The Balaban J connectivity index is 1.48. The zero-order valence-electron chi connectivity index (χ0n) is 13.7. The van der Waals surface area contributed by atoms with Gasteiger partial charge in [0.25, 0.3) is 5.91 Å². The molecule has 0 bridgehead atoms. The third-order valence-electron chi connectivity index (χ3n) is 3.52. The van der Waals surface area contributed by atoms with Crippen LogP contribution in [0, 0.1) is 0 Å². The van der Waals surface area contributed by atoms with Gasteiger partial charge < -0.3 is 9.72 Å². The van der Waals surface area contributed by atoms with Gasteiger partial charge in [-0.25, -0.2) is 4.98 Å². The smallest absolute Gasteiger partial charge is 0.279 e. The summed E-state index contributed by atoms with van der Waals surface area (Å²) in [6.45, 7) is 1.60. The molecule has 3 N–H and O–H groups in total. The first-order chi connectivity index (χ1) is 12.1. The topological polar surface area (TPSA) is 96.1 Å². The van der Waals surface area contributed by atoms with Crippen LogP contribution in [0.25, 0.3) is 11.0 Å². The van der Waals surface area contributed by atoms with Crippen molar-refractivity contribution in [2.24, 2.45) is 0 Å². The maximum atomic E-state index is 12.0. The summed E-state index contributed by atoms with van der Waals surface area (Å²) in [5.74, 6) is 0.293. The fourth-order valence-corrected chi connectivity index (χ4v) is 2.28. The summed E-state index contributed by atoms with van der Waals surface area (Å²) in [5, 5.41) is 0. The van der Waals surface area contributed by atoms with Gasteiger partial charge in [-0.05, 0) is 31.2 Å². The minimum Gasteiger partial charge on any atom is -0.481 e. The Morgan fingerprint density at radius 1 is 1.08 bits per heavy atom. The van der Waals surface area contributed by atoms with Gasteiger partial charge in [0.05, 0.1) is 17.5 Å². The van der Waals surface area contributed by atoms with Crippen molar-refractivity contribution in [3.63, 3.8) is 0 Å². The highest BCUT2D eigenvalue weighted by Crippen LogP contribution is 2.11. The molecule has 7 nitrogen and oxygen atoms in total. The molecule has 0 radical (unpaired) electrons. The van der Waals surface area contributed by atoms with E-state index in [9.17, 15) is 9.59 Å². The summed E-state index contributed by atoms with van der Waals surface area (Å²) >= 11 is 0. The number of hydrogen-bond donors (Lipinski definition) is 3. The number of hydrazine groups is 1. The number of para-hydroxylation sites is 3. The average Bonchev–Trinajstić information content (AvgIpc) is 3.02. The minimum atomic E-state index is -0.742. The summed E-state index contributed by atoms with van der Waals surface area (Å²) in [5.41, 5.74) is 6.37. The standard InChI is InChI=1S/C18H18N4O3/c1-12(25-13-7-3-2-4-8-13)18(24)22-21-17(23)11-16-19-14-9-5-6-10-15(14)20-16/h2-10,12H,11H2,1H3,(H,19,20)(H,21,23)(H,22,24)/t12-/m0/s1. The van der Waals surface area contributed by atoms with Crippen molar-refractivity contribution in [1.29, 1.82) is 0 Å². The molecule has 3 rings (SSSR count). The molecular formula is C18H18N4O3. The van der Waals surface area contributed by atoms with Gasteiger partial charge in [-0.3, -0.25) is 20.4 Å². The highest BCUT2D eigenvalue weighted by atomic mass is 16.5. The zero-order valence-corrected chi connectivity index (χ0v) is 13.7. The molecule has 0 unspecified atom stereocenters. The number of nitrogens with one attached hydrogen (secondary N) is 3. The predicted molar refractivity (Wildman–Crippen MR) is 92.6 cm³/mol. The lowest BCUT2D eigenvalue weighted by Gasteiger charge is -2.14. The largest absolute Gasteiger partial charge is 0.481 e. The minimum absolute atomic E-state index is 0.0306. The van der Waals surface area contributed by atoms with Gasteiger partial charge in [-0.1, -0.05) is 30.3 Å². The van der Waals surface area contributed by atoms with Crippen LogP contribution in [-0.4, -0.2) is 27.9 Å². The SMILES string of the molecule is C[C@H](Oc1ccccc1)C(=O)NNC(=O)Cc1nc2ccccc2[nH]1. The Bertz CT molecular complexity index is 843. The molecule has 1 aromatic heterocycles. The number of benzene rings is 2. The lowest BCUT2D eigenvalue weighted by molar-refractivity contribution is -0.132. The van der Waals surface area contributed by atoms with E-state index in [1.165, 1.54) is 0 Å². The maximum Gasteiger partial charge on any atom is 0.279 e. The van der Waals surface area contributed by atoms with Crippen LogP contribution in [0.5, 0.6) is 5.75 Å². The molecule has 0 fully saturated rings. The van der Waals surface area contributed by atoms with E-state index < -0.39 is 12.0 Å². The quantitative estimate of drug-likeness (QED) is 0.617. The normalized spacial score (nSPS) is 11.7. The van der Waals surface area contributed by atoms with Crippen LogP contribution in [0.3, 0.4) is 0 Å². The van der Waals surface area contributed by atoms with E-state index >= 15 is 0 Å². The molecule has 1 atom stereocenters. The number of amides is 2. The van der Waals surface area contributed by atoms with E-state index in [0.29, 0.717) is 11.6 Å². The molecule has 0 aliphatic heterocycles. The third kappa shape index (κ3) is 4.35. The second-order valence-corrected chi connectivity index (χ2v) is 5.49. The molecule has 3 aromatic rings. The van der Waals surface area contributed by atoms with Crippen LogP contribution in [-0.2, 0) is 16.0 Å². The molecule has 2 aromatic carbocycles. The number of carbonyl (C=O) groups is 2. The average molecular weight is 338 g/mol. The maximum absolute atomic E-state index is 12.0. The summed E-state index contributed by atoms with van der Waals surface area (Å²) in [4.78, 5) is 31.3. The van der Waals surface area contributed by atoms with Crippen molar-refractivity contribution in [2.45, 2.75) is 19.4 Å². The molecule has 128 valence electrons. The predicted octanol–water partition coefficient (Wildman–Crippen LogP) is 1.72. The summed E-state index contributed by atoms with van der Waals surface area (Å²) in [6, 6.07) is 16.5. The Morgan fingerprint density at radius 2 is 1.80 bits per heavy atom. The van der Waals surface area contributed by atoms with Crippen LogP contribution in [0.4, 0.5) is 0 Å². The number of aromatic amines is 1. The van der Waals surface area contributed by atoms with Crippen LogP contribution in [0.2, 0.25) is 0 Å². The lowest BCUT2D eigenvalue weighted by atomic mass is 10.3. The number of hydrogen-bond acceptors (Lipinski definition) is 4. The summed E-state index contributed by atoms with van der Waals surface area (Å²) < 4.78 is 5.48. The number of H-pyrrole nitrogens is 1. The molecule has 0 aliphatic carbocycles. The first kappa shape index (κ1) is 16.5. The van der Waals surface area contributed by atoms with Gasteiger partial charge in [-0.15, -0.1) is 0 Å². The molecule has 0 saturated carbocycles. The van der Waals surface area contributed by atoms with E-state index in [0.717, 1.165) is 11.0 Å². The van der Waals surface area contributed by atoms with Gasteiger partial charge in [0.15, 0.2) is 6.10 Å². The van der Waals surface area contributed by atoms with Crippen molar-refractivity contribution in [1.82, 2.24) is 20.8 Å². The number of nitrogens with zero attached hydrogens (tertiary/aromatic N) is 1. The number of ether oxygens (including phenoxy) is 1. The van der Waals surface area contributed by atoms with Crippen molar-refractivity contribution in [3.8, 4) is 5.75 Å². The Labute approximate surface area is 144 Å². The number of fused-ring (bicyclic) bond motifs is 1. The number of aromatic nitrogens is 2. The highest BCUT2D eigenvalue weighted by Gasteiger charge is 2.16. The molecule has 0 saturated heterocycles. The fourth-order valence-electron chi connectivity index (χ4n) is 2.28. The molecule has 1 heterocycles. The second-order valence-electron chi connectivity index (χ2n) is 5.49. The van der Waals surface area contributed by atoms with E-state index in [1.807, 2.05) is 42.5 Å². The van der Waals surface area contributed by atoms with E-state index in [1.54, 1.807) is 19.1 Å². The fraction of sp³-hybridized carbons (Fsp3) is 0.167. The van der Waals surface area contributed by atoms with Gasteiger partial charge in [0, 0.05) is 0 Å². The Kier molecular flexibility index (Phi) is 4.94. The first-order valence-corrected chi connectivity index (χ1v) is 7.86. The van der Waals surface area contributed by atoms with Gasteiger partial charge >= 0.3 is 0 Å². The van der Waals surface area contributed by atoms with Gasteiger partial charge in [0.1, 0.15) is 11.6 Å². The van der Waals surface area contributed by atoms with Crippen LogP contribution in [0.15, 0.2) is 54.6 Å². The van der Waals surface area contributed by atoms with E-state index in [-0.39, 0.29) is 12.3 Å². The lowest BCUT2D eigenvalue weighted by Crippen LogP contribution is -2.47. The van der Waals surface area contributed by atoms with Gasteiger partial charge in [-0.2, -0.15) is 0 Å². The molecular weight excluding hydrogens is 320 g/mol. The molecule has 0 spiro atoms. The van der Waals surface area contributed by atoms with Crippen molar-refractivity contribution < 1.29 is 14.3 Å². The number of carbonyl (C=O) groups excluding carboxylic acids is 2. The molecule has 25 heavy (non-hydrogen) atoms. The zero-order chi connectivity index (χ0) is 17.6. The third-order valence-corrected chi connectivity index (χ3v) is 3.52.